The van der Waals surface area contributed by atoms with E-state index in [1.54, 1.807) is 20.4 Å². The summed E-state index contributed by atoms with van der Waals surface area (Å²) in [5.74, 6) is 1.05. The van der Waals surface area contributed by atoms with Crippen molar-refractivity contribution in [2.75, 3.05) is 34.9 Å². The lowest BCUT2D eigenvalue weighted by Gasteiger charge is -2.16. The van der Waals surface area contributed by atoms with Gasteiger partial charge in [-0.05, 0) is 33.1 Å². The molecule has 102 valence electrons. The quantitative estimate of drug-likeness (QED) is 0.785. The third-order valence-electron chi connectivity index (χ3n) is 2.72. The van der Waals surface area contributed by atoms with Crippen LogP contribution in [-0.2, 0) is 6.42 Å². The van der Waals surface area contributed by atoms with E-state index in [1.165, 1.54) is 0 Å². The Hall–Kier alpha value is -1.33. The molecule has 1 heterocycles. The lowest BCUT2D eigenvalue weighted by Crippen LogP contribution is -2.21. The predicted molar refractivity (Wildman–Crippen MR) is 70.2 cm³/mol. The Labute approximate surface area is 108 Å². The van der Waals surface area contributed by atoms with Crippen molar-refractivity contribution in [1.82, 2.24) is 9.88 Å². The van der Waals surface area contributed by atoms with E-state index in [0.29, 0.717) is 18.1 Å². The van der Waals surface area contributed by atoms with Crippen LogP contribution in [-0.4, -0.2) is 56.0 Å². The van der Waals surface area contributed by atoms with Crippen molar-refractivity contribution in [2.45, 2.75) is 18.9 Å². The maximum Gasteiger partial charge on any atom is 0.256 e. The summed E-state index contributed by atoms with van der Waals surface area (Å²) in [7, 11) is 7.11. The molecule has 0 spiro atoms. The molecule has 1 atom stereocenters. The van der Waals surface area contributed by atoms with Crippen LogP contribution < -0.4 is 9.47 Å². The number of methoxy groups -OCH3 is 2. The molecule has 0 fully saturated rings. The summed E-state index contributed by atoms with van der Waals surface area (Å²) in [4.78, 5) is 6.12. The van der Waals surface area contributed by atoms with Gasteiger partial charge >= 0.3 is 0 Å². The number of rotatable bonds is 7. The summed E-state index contributed by atoms with van der Waals surface area (Å²) in [5, 5.41) is 9.99. The van der Waals surface area contributed by atoms with Gasteiger partial charge < -0.3 is 19.5 Å². The lowest BCUT2D eigenvalue weighted by atomic mass is 10.1. The molecule has 0 saturated heterocycles. The third kappa shape index (κ3) is 4.16. The molecule has 0 aliphatic heterocycles. The molecule has 0 aliphatic carbocycles. The molecule has 0 saturated carbocycles. The van der Waals surface area contributed by atoms with Crippen LogP contribution in [0.15, 0.2) is 12.3 Å². The monoisotopic (exact) mass is 254 g/mol. The number of hydrogen-bond acceptors (Lipinski definition) is 5. The van der Waals surface area contributed by atoms with E-state index in [2.05, 4.69) is 4.98 Å². The zero-order chi connectivity index (χ0) is 13.5. The van der Waals surface area contributed by atoms with Crippen LogP contribution in [0.2, 0.25) is 0 Å². The van der Waals surface area contributed by atoms with E-state index < -0.39 is 6.10 Å². The minimum absolute atomic E-state index is 0.395. The van der Waals surface area contributed by atoms with Crippen molar-refractivity contribution in [3.8, 4) is 11.6 Å². The Morgan fingerprint density at radius 3 is 2.61 bits per heavy atom. The first-order chi connectivity index (χ1) is 8.58. The average Bonchev–Trinajstić information content (AvgIpc) is 2.36. The molecule has 0 amide bonds. The fourth-order valence-corrected chi connectivity index (χ4v) is 1.75. The van der Waals surface area contributed by atoms with Gasteiger partial charge in [0, 0.05) is 18.2 Å². The first-order valence-corrected chi connectivity index (χ1v) is 5.97. The number of ether oxygens (including phenoxy) is 2. The minimum atomic E-state index is -0.395. The fraction of sp³-hybridized carbons (Fsp3) is 0.615. The normalized spacial score (nSPS) is 12.6. The molecule has 1 aromatic rings. The van der Waals surface area contributed by atoms with Crippen molar-refractivity contribution in [3.05, 3.63) is 17.8 Å². The first-order valence-electron chi connectivity index (χ1n) is 5.97. The summed E-state index contributed by atoms with van der Waals surface area (Å²) in [5.41, 5.74) is 0.913. The van der Waals surface area contributed by atoms with E-state index in [4.69, 9.17) is 9.47 Å². The Morgan fingerprint density at radius 2 is 2.06 bits per heavy atom. The van der Waals surface area contributed by atoms with Crippen molar-refractivity contribution in [2.24, 2.45) is 0 Å². The molecule has 5 nitrogen and oxygen atoms in total. The molecule has 5 heteroatoms. The molecule has 1 aromatic heterocycles. The molecule has 0 bridgehead atoms. The number of pyridine rings is 1. The van der Waals surface area contributed by atoms with Crippen LogP contribution >= 0.6 is 0 Å². The fourth-order valence-electron chi connectivity index (χ4n) is 1.75. The molecule has 0 aromatic carbocycles. The highest BCUT2D eigenvalue weighted by Gasteiger charge is 2.14. The maximum absolute atomic E-state index is 9.99. The zero-order valence-corrected chi connectivity index (χ0v) is 11.5. The molecular weight excluding hydrogens is 232 g/mol. The van der Waals surface area contributed by atoms with E-state index in [0.717, 1.165) is 18.5 Å². The lowest BCUT2D eigenvalue weighted by molar-refractivity contribution is 0.151. The summed E-state index contributed by atoms with van der Waals surface area (Å²) < 4.78 is 10.4. The summed E-state index contributed by atoms with van der Waals surface area (Å²) in [6, 6.07) is 1.85. The molecule has 18 heavy (non-hydrogen) atoms. The Kier molecular flexibility index (Phi) is 5.88. The summed E-state index contributed by atoms with van der Waals surface area (Å²) in [6.07, 6.45) is 2.53. The third-order valence-corrected chi connectivity index (χ3v) is 2.72. The molecule has 1 N–H and O–H groups in total. The Morgan fingerprint density at radius 1 is 1.33 bits per heavy atom. The van der Waals surface area contributed by atoms with Crippen LogP contribution in [0.3, 0.4) is 0 Å². The second kappa shape index (κ2) is 7.18. The van der Waals surface area contributed by atoms with Gasteiger partial charge in [0.15, 0.2) is 5.75 Å². The standard InChI is InChI=1S/C13H22N2O3/c1-15(2)8-6-11(16)9-10-5-7-14-13(18-4)12(10)17-3/h5,7,11,16H,6,8-9H2,1-4H3. The molecular formula is C13H22N2O3. The minimum Gasteiger partial charge on any atom is -0.491 e. The van der Waals surface area contributed by atoms with E-state index in [-0.39, 0.29) is 0 Å². The molecule has 0 radical (unpaired) electrons. The predicted octanol–water partition coefficient (Wildman–Crippen LogP) is 0.954. The SMILES string of the molecule is COc1nccc(CC(O)CCN(C)C)c1OC. The van der Waals surface area contributed by atoms with Gasteiger partial charge in [-0.2, -0.15) is 0 Å². The highest BCUT2D eigenvalue weighted by atomic mass is 16.5. The van der Waals surface area contributed by atoms with Crippen LogP contribution in [0.5, 0.6) is 11.6 Å². The van der Waals surface area contributed by atoms with Crippen molar-refractivity contribution < 1.29 is 14.6 Å². The zero-order valence-electron chi connectivity index (χ0n) is 11.5. The van der Waals surface area contributed by atoms with Crippen LogP contribution in [0.25, 0.3) is 0 Å². The molecule has 1 rings (SSSR count). The van der Waals surface area contributed by atoms with Crippen LogP contribution in [0.1, 0.15) is 12.0 Å². The summed E-state index contributed by atoms with van der Waals surface area (Å²) in [6.45, 7) is 0.853. The molecule has 0 aliphatic rings. The Bertz CT molecular complexity index is 369. The number of aromatic nitrogens is 1. The topological polar surface area (TPSA) is 54.8 Å². The maximum atomic E-state index is 9.99. The van der Waals surface area contributed by atoms with Crippen LogP contribution in [0, 0.1) is 0 Å². The largest absolute Gasteiger partial charge is 0.491 e. The van der Waals surface area contributed by atoms with Gasteiger partial charge in [0.05, 0.1) is 20.3 Å². The second-order valence-electron chi connectivity index (χ2n) is 4.46. The molecule has 1 unspecified atom stereocenters. The van der Waals surface area contributed by atoms with Gasteiger partial charge in [-0.15, -0.1) is 0 Å². The first kappa shape index (κ1) is 14.7. The van der Waals surface area contributed by atoms with Gasteiger partial charge in [0.2, 0.25) is 0 Å². The Balaban J connectivity index is 2.71. The van der Waals surface area contributed by atoms with E-state index >= 15 is 0 Å². The van der Waals surface area contributed by atoms with Crippen molar-refractivity contribution in [1.29, 1.82) is 0 Å². The number of hydrogen-bond donors (Lipinski definition) is 1. The van der Waals surface area contributed by atoms with E-state index in [1.807, 2.05) is 25.1 Å². The second-order valence-corrected chi connectivity index (χ2v) is 4.46. The number of nitrogens with zero attached hydrogens (tertiary/aromatic N) is 2. The van der Waals surface area contributed by atoms with Gasteiger partial charge in [-0.1, -0.05) is 0 Å². The number of aliphatic hydroxyl groups is 1. The van der Waals surface area contributed by atoms with Gasteiger partial charge in [-0.25, -0.2) is 4.98 Å². The van der Waals surface area contributed by atoms with Crippen LogP contribution in [0.4, 0.5) is 0 Å². The number of aliphatic hydroxyl groups excluding tert-OH is 1. The van der Waals surface area contributed by atoms with Gasteiger partial charge in [0.25, 0.3) is 5.88 Å². The van der Waals surface area contributed by atoms with Crippen molar-refractivity contribution >= 4 is 0 Å². The van der Waals surface area contributed by atoms with Gasteiger partial charge in [-0.3, -0.25) is 0 Å². The summed E-state index contributed by atoms with van der Waals surface area (Å²) >= 11 is 0. The smallest absolute Gasteiger partial charge is 0.256 e. The van der Waals surface area contributed by atoms with Gasteiger partial charge in [0.1, 0.15) is 0 Å². The highest BCUT2D eigenvalue weighted by Crippen LogP contribution is 2.29. The van der Waals surface area contributed by atoms with Crippen molar-refractivity contribution in [3.63, 3.8) is 0 Å². The average molecular weight is 254 g/mol. The van der Waals surface area contributed by atoms with E-state index in [9.17, 15) is 5.11 Å². The highest BCUT2D eigenvalue weighted by molar-refractivity contribution is 5.41.